The third kappa shape index (κ3) is 3.34. The first-order valence-corrected chi connectivity index (χ1v) is 9.88. The van der Waals surface area contributed by atoms with Crippen LogP contribution in [0.15, 0.2) is 55.0 Å². The molecular weight excluding hydrogens is 383 g/mol. The Bertz CT molecular complexity index is 1200. The number of aliphatic hydroxyl groups excluding tert-OH is 1. The first-order valence-electron chi connectivity index (χ1n) is 9.88. The predicted octanol–water partition coefficient (Wildman–Crippen LogP) is 3.12. The highest BCUT2D eigenvalue weighted by Gasteiger charge is 2.33. The molecule has 3 heterocycles. The number of benzene rings is 1. The molecule has 4 aromatic rings. The van der Waals surface area contributed by atoms with Gasteiger partial charge in [0.15, 0.2) is 5.82 Å². The molecule has 1 saturated carbocycles. The van der Waals surface area contributed by atoms with Crippen LogP contribution < -0.4 is 5.73 Å². The average molecular weight is 404 g/mol. The molecule has 5 rings (SSSR count). The Kier molecular flexibility index (Phi) is 4.72. The minimum absolute atomic E-state index is 0.224. The number of fused-ring (bicyclic) bond motifs is 1. The molecule has 7 nitrogen and oxygen atoms in total. The molecule has 1 fully saturated rings. The van der Waals surface area contributed by atoms with Crippen LogP contribution in [0.3, 0.4) is 0 Å². The van der Waals surface area contributed by atoms with Crippen molar-refractivity contribution < 1.29 is 9.50 Å². The Morgan fingerprint density at radius 1 is 1.13 bits per heavy atom. The largest absolute Gasteiger partial charge is 0.393 e. The zero-order chi connectivity index (χ0) is 20.7. The number of alkyl halides is 1. The molecule has 1 atom stereocenters. The number of aliphatic hydroxyl groups is 1. The fraction of sp³-hybridized carbons (Fsp3) is 0.273. The van der Waals surface area contributed by atoms with E-state index in [1.165, 1.54) is 0 Å². The number of nitrogens with zero attached hydrogens (tertiary/aromatic N) is 5. The van der Waals surface area contributed by atoms with Crippen LogP contribution in [-0.2, 0) is 6.67 Å². The number of halogens is 1. The van der Waals surface area contributed by atoms with Crippen LogP contribution in [0.2, 0.25) is 0 Å². The molecule has 30 heavy (non-hydrogen) atoms. The van der Waals surface area contributed by atoms with Crippen molar-refractivity contribution in [2.24, 2.45) is 11.7 Å². The van der Waals surface area contributed by atoms with Gasteiger partial charge in [-0.25, -0.2) is 19.0 Å². The van der Waals surface area contributed by atoms with E-state index >= 15 is 0 Å². The molecular formula is C22H21FN6O. The summed E-state index contributed by atoms with van der Waals surface area (Å²) in [5.74, 6) is 0.782. The minimum atomic E-state index is -0.626. The third-order valence-corrected chi connectivity index (χ3v) is 5.66. The summed E-state index contributed by atoms with van der Waals surface area (Å²) < 4.78 is 14.7. The molecule has 0 aliphatic heterocycles. The van der Waals surface area contributed by atoms with Crippen molar-refractivity contribution >= 4 is 10.9 Å². The van der Waals surface area contributed by atoms with Crippen molar-refractivity contribution in [3.8, 4) is 17.1 Å². The maximum Gasteiger partial charge on any atom is 0.154 e. The summed E-state index contributed by atoms with van der Waals surface area (Å²) in [7, 11) is 0. The van der Waals surface area contributed by atoms with E-state index in [9.17, 15) is 9.50 Å². The molecule has 0 bridgehead atoms. The van der Waals surface area contributed by atoms with Crippen molar-refractivity contribution in [2.75, 3.05) is 0 Å². The molecule has 3 aromatic heterocycles. The van der Waals surface area contributed by atoms with Crippen LogP contribution in [0.4, 0.5) is 4.39 Å². The summed E-state index contributed by atoms with van der Waals surface area (Å²) in [6, 6.07) is 10.9. The Labute approximate surface area is 172 Å². The number of nitrogens with two attached hydrogens (primary N) is 1. The third-order valence-electron chi connectivity index (χ3n) is 5.66. The van der Waals surface area contributed by atoms with E-state index in [4.69, 9.17) is 10.7 Å². The highest BCUT2D eigenvalue weighted by atomic mass is 19.1. The lowest BCUT2D eigenvalue weighted by Gasteiger charge is -2.35. The molecule has 0 radical (unpaired) electrons. The van der Waals surface area contributed by atoms with Gasteiger partial charge in [0.2, 0.25) is 0 Å². The van der Waals surface area contributed by atoms with E-state index in [1.54, 1.807) is 41.5 Å². The summed E-state index contributed by atoms with van der Waals surface area (Å²) in [6.45, 7) is -0.626. The normalized spacial score (nSPS) is 19.6. The SMILES string of the molecule is N[C@H](c1cncc(-c2ccc3cnn(-c4cccc(CF)n4)c3c2)n1)C1CC(O)C1. The molecule has 0 unspecified atom stereocenters. The first-order chi connectivity index (χ1) is 14.6. The Morgan fingerprint density at radius 3 is 2.80 bits per heavy atom. The molecule has 0 saturated heterocycles. The highest BCUT2D eigenvalue weighted by molar-refractivity contribution is 5.84. The number of hydrogen-bond acceptors (Lipinski definition) is 6. The van der Waals surface area contributed by atoms with Crippen molar-refractivity contribution in [3.05, 3.63) is 66.4 Å². The topological polar surface area (TPSA) is 103 Å². The second-order valence-corrected chi connectivity index (χ2v) is 7.69. The predicted molar refractivity (Wildman–Crippen MR) is 110 cm³/mol. The van der Waals surface area contributed by atoms with Crippen LogP contribution in [0, 0.1) is 5.92 Å². The summed E-state index contributed by atoms with van der Waals surface area (Å²) in [5.41, 5.74) is 9.85. The summed E-state index contributed by atoms with van der Waals surface area (Å²) in [6.07, 6.45) is 6.28. The van der Waals surface area contributed by atoms with Crippen LogP contribution in [0.25, 0.3) is 28.0 Å². The van der Waals surface area contributed by atoms with Gasteiger partial charge in [-0.1, -0.05) is 18.2 Å². The monoisotopic (exact) mass is 404 g/mol. The zero-order valence-corrected chi connectivity index (χ0v) is 16.2. The van der Waals surface area contributed by atoms with Gasteiger partial charge >= 0.3 is 0 Å². The van der Waals surface area contributed by atoms with Gasteiger partial charge in [0, 0.05) is 10.9 Å². The maximum absolute atomic E-state index is 13.0. The maximum atomic E-state index is 13.0. The van der Waals surface area contributed by atoms with E-state index in [0.717, 1.165) is 22.2 Å². The van der Waals surface area contributed by atoms with Crippen LogP contribution >= 0.6 is 0 Å². The summed E-state index contributed by atoms with van der Waals surface area (Å²) in [4.78, 5) is 13.4. The highest BCUT2D eigenvalue weighted by Crippen LogP contribution is 2.36. The van der Waals surface area contributed by atoms with Crippen molar-refractivity contribution in [1.29, 1.82) is 0 Å². The standard InChI is InChI=1S/C22H21FN6O/c23-9-16-2-1-3-21(27-16)29-20-8-13(4-5-14(20)10-26-29)18-11-25-12-19(28-18)22(24)15-6-17(30)7-15/h1-5,8,10-12,15,17,22,30H,6-7,9,24H2/t15?,17?,22-/m0/s1. The van der Waals surface area contributed by atoms with Gasteiger partial charge in [0.05, 0.1) is 53.3 Å². The van der Waals surface area contributed by atoms with Crippen molar-refractivity contribution in [3.63, 3.8) is 0 Å². The van der Waals surface area contributed by atoms with Gasteiger partial charge < -0.3 is 10.8 Å². The van der Waals surface area contributed by atoms with Crippen LogP contribution in [0.1, 0.15) is 30.3 Å². The Hall–Kier alpha value is -3.23. The lowest BCUT2D eigenvalue weighted by atomic mass is 9.76. The second-order valence-electron chi connectivity index (χ2n) is 7.69. The van der Waals surface area contributed by atoms with E-state index in [2.05, 4.69) is 15.1 Å². The number of hydrogen-bond donors (Lipinski definition) is 2. The average Bonchev–Trinajstić information content (AvgIpc) is 3.20. The van der Waals surface area contributed by atoms with Gasteiger partial charge in [0.1, 0.15) is 6.67 Å². The lowest BCUT2D eigenvalue weighted by Crippen LogP contribution is -2.36. The van der Waals surface area contributed by atoms with Gasteiger partial charge in [-0.3, -0.25) is 4.98 Å². The molecule has 152 valence electrons. The lowest BCUT2D eigenvalue weighted by molar-refractivity contribution is 0.0301. The molecule has 1 aliphatic rings. The Morgan fingerprint density at radius 2 is 2.00 bits per heavy atom. The van der Waals surface area contributed by atoms with Gasteiger partial charge in [-0.15, -0.1) is 0 Å². The summed E-state index contributed by atoms with van der Waals surface area (Å²) in [5, 5.41) is 14.9. The van der Waals surface area contributed by atoms with Crippen LogP contribution in [0.5, 0.6) is 0 Å². The molecule has 1 aromatic carbocycles. The van der Waals surface area contributed by atoms with Gasteiger partial charge in [0.25, 0.3) is 0 Å². The molecule has 0 amide bonds. The fourth-order valence-corrected chi connectivity index (χ4v) is 3.86. The smallest absolute Gasteiger partial charge is 0.154 e. The molecule has 3 N–H and O–H groups in total. The molecule has 1 aliphatic carbocycles. The number of aromatic nitrogens is 5. The molecule has 0 spiro atoms. The van der Waals surface area contributed by atoms with E-state index < -0.39 is 6.67 Å². The second kappa shape index (κ2) is 7.55. The van der Waals surface area contributed by atoms with Gasteiger partial charge in [-0.2, -0.15) is 5.10 Å². The van der Waals surface area contributed by atoms with Crippen LogP contribution in [-0.4, -0.2) is 35.9 Å². The minimum Gasteiger partial charge on any atom is -0.393 e. The van der Waals surface area contributed by atoms with E-state index in [0.29, 0.717) is 30.0 Å². The van der Waals surface area contributed by atoms with E-state index in [-0.39, 0.29) is 18.1 Å². The summed E-state index contributed by atoms with van der Waals surface area (Å²) >= 11 is 0. The van der Waals surface area contributed by atoms with E-state index in [1.807, 2.05) is 18.2 Å². The van der Waals surface area contributed by atoms with Crippen molar-refractivity contribution in [2.45, 2.75) is 31.7 Å². The number of rotatable bonds is 5. The number of pyridine rings is 1. The molecule has 8 heteroatoms. The van der Waals surface area contributed by atoms with Crippen molar-refractivity contribution in [1.82, 2.24) is 24.7 Å². The first kappa shape index (κ1) is 18.8. The zero-order valence-electron chi connectivity index (χ0n) is 16.2. The fourth-order valence-electron chi connectivity index (χ4n) is 3.86. The quantitative estimate of drug-likeness (QED) is 0.530. The van der Waals surface area contributed by atoms with Gasteiger partial charge in [-0.05, 0) is 37.0 Å². The Balaban J connectivity index is 1.52.